The average Bonchev–Trinajstić information content (AvgIpc) is 2.96. The molecule has 0 aromatic rings. The van der Waals surface area contributed by atoms with Crippen molar-refractivity contribution >= 4 is 5.97 Å². The van der Waals surface area contributed by atoms with Crippen molar-refractivity contribution in [3.8, 4) is 0 Å². The van der Waals surface area contributed by atoms with Crippen LogP contribution in [0.25, 0.3) is 0 Å². The molecule has 0 aromatic heterocycles. The van der Waals surface area contributed by atoms with E-state index in [-0.39, 0.29) is 12.1 Å². The Balaban J connectivity index is 1.79. The van der Waals surface area contributed by atoms with Gasteiger partial charge in [0.05, 0.1) is 6.61 Å². The quantitative estimate of drug-likeness (QED) is 0.241. The molecule has 0 amide bonds. The van der Waals surface area contributed by atoms with Crippen LogP contribution < -0.4 is 0 Å². The van der Waals surface area contributed by atoms with Crippen LogP contribution in [0.5, 0.6) is 0 Å². The Morgan fingerprint density at radius 1 is 0.885 bits per heavy atom. The summed E-state index contributed by atoms with van der Waals surface area (Å²) in [7, 11) is 0. The molecule has 1 rings (SSSR count). The van der Waals surface area contributed by atoms with E-state index in [9.17, 15) is 4.79 Å². The fraction of sp³-hybridized carbons (Fsp3) is 0.955. The van der Waals surface area contributed by atoms with E-state index >= 15 is 0 Å². The molecular weight excluding hydrogens is 328 g/mol. The summed E-state index contributed by atoms with van der Waals surface area (Å²) in [6.45, 7) is 6.83. The molecule has 0 radical (unpaired) electrons. The summed E-state index contributed by atoms with van der Waals surface area (Å²) < 4.78 is 16.4. The molecular formula is C22H42O4. The van der Waals surface area contributed by atoms with Gasteiger partial charge in [0.2, 0.25) is 0 Å². The van der Waals surface area contributed by atoms with Crippen LogP contribution in [0.2, 0.25) is 0 Å². The van der Waals surface area contributed by atoms with E-state index in [1.807, 2.05) is 13.8 Å². The molecule has 1 heterocycles. The van der Waals surface area contributed by atoms with Crippen LogP contribution >= 0.6 is 0 Å². The zero-order valence-corrected chi connectivity index (χ0v) is 17.5. The summed E-state index contributed by atoms with van der Waals surface area (Å²) >= 11 is 0. The normalized spacial score (nSPS) is 19.0. The lowest BCUT2D eigenvalue weighted by Crippen LogP contribution is -2.25. The number of rotatable bonds is 16. The molecule has 0 aliphatic carbocycles. The number of hydrogen-bond donors (Lipinski definition) is 0. The first-order valence-corrected chi connectivity index (χ1v) is 11.0. The summed E-state index contributed by atoms with van der Waals surface area (Å²) in [6, 6.07) is 0. The predicted octanol–water partition coefficient (Wildman–Crippen LogP) is 6.16. The minimum Gasteiger partial charge on any atom is -0.463 e. The van der Waals surface area contributed by atoms with Gasteiger partial charge in [0.15, 0.2) is 5.79 Å². The van der Waals surface area contributed by atoms with Crippen LogP contribution in [0.4, 0.5) is 0 Å². The average molecular weight is 371 g/mol. The fourth-order valence-corrected chi connectivity index (χ4v) is 3.39. The number of carbonyl (C=O) groups excluding carboxylic acids is 1. The second-order valence-corrected chi connectivity index (χ2v) is 8.13. The summed E-state index contributed by atoms with van der Waals surface area (Å²) in [5.41, 5.74) is 0. The third-order valence-electron chi connectivity index (χ3n) is 4.98. The molecule has 0 spiro atoms. The predicted molar refractivity (Wildman–Crippen MR) is 106 cm³/mol. The van der Waals surface area contributed by atoms with E-state index in [2.05, 4.69) is 6.92 Å². The largest absolute Gasteiger partial charge is 0.463 e. The number of hydrogen-bond acceptors (Lipinski definition) is 4. The van der Waals surface area contributed by atoms with Gasteiger partial charge in [0.1, 0.15) is 12.7 Å². The summed E-state index contributed by atoms with van der Waals surface area (Å²) in [5, 5.41) is 0. The van der Waals surface area contributed by atoms with Crippen molar-refractivity contribution < 1.29 is 19.0 Å². The molecule has 1 fully saturated rings. The Labute approximate surface area is 161 Å². The van der Waals surface area contributed by atoms with Crippen molar-refractivity contribution in [3.63, 3.8) is 0 Å². The van der Waals surface area contributed by atoms with Gasteiger partial charge in [-0.3, -0.25) is 4.79 Å². The second-order valence-electron chi connectivity index (χ2n) is 8.13. The monoisotopic (exact) mass is 370 g/mol. The van der Waals surface area contributed by atoms with Crippen LogP contribution in [0.3, 0.4) is 0 Å². The number of ether oxygens (including phenoxy) is 3. The molecule has 0 aromatic carbocycles. The maximum atomic E-state index is 11.7. The molecule has 1 unspecified atom stereocenters. The highest BCUT2D eigenvalue weighted by atomic mass is 16.7. The first-order valence-electron chi connectivity index (χ1n) is 11.0. The third kappa shape index (κ3) is 12.7. The summed E-state index contributed by atoms with van der Waals surface area (Å²) in [5.74, 6) is -0.659. The molecule has 4 heteroatoms. The number of esters is 1. The Morgan fingerprint density at radius 2 is 1.38 bits per heavy atom. The van der Waals surface area contributed by atoms with Crippen LogP contribution in [-0.2, 0) is 19.0 Å². The second kappa shape index (κ2) is 14.4. The van der Waals surface area contributed by atoms with Gasteiger partial charge < -0.3 is 14.2 Å². The van der Waals surface area contributed by atoms with Gasteiger partial charge in [-0.05, 0) is 20.3 Å². The zero-order chi connectivity index (χ0) is 19.1. The van der Waals surface area contributed by atoms with Gasteiger partial charge in [-0.2, -0.15) is 0 Å². The van der Waals surface area contributed by atoms with Gasteiger partial charge in [-0.25, -0.2) is 0 Å². The van der Waals surface area contributed by atoms with Crippen LogP contribution in [0.1, 0.15) is 111 Å². The Bertz CT molecular complexity index is 354. The first-order chi connectivity index (χ1) is 12.5. The first kappa shape index (κ1) is 23.4. The lowest BCUT2D eigenvalue weighted by atomic mass is 10.0. The van der Waals surface area contributed by atoms with Crippen molar-refractivity contribution in [2.75, 3.05) is 13.2 Å². The molecule has 0 bridgehead atoms. The number of carbonyl (C=O) groups is 1. The summed E-state index contributed by atoms with van der Waals surface area (Å²) in [6.07, 6.45) is 17.5. The van der Waals surface area contributed by atoms with Gasteiger partial charge in [0, 0.05) is 6.42 Å². The molecule has 1 aliphatic heterocycles. The highest BCUT2D eigenvalue weighted by molar-refractivity contribution is 5.69. The van der Waals surface area contributed by atoms with Crippen LogP contribution in [0.15, 0.2) is 0 Å². The molecule has 1 saturated heterocycles. The maximum Gasteiger partial charge on any atom is 0.305 e. The van der Waals surface area contributed by atoms with Crippen LogP contribution in [0, 0.1) is 0 Å². The number of unbranched alkanes of at least 4 members (excludes halogenated alkanes) is 12. The summed E-state index contributed by atoms with van der Waals surface area (Å²) in [4.78, 5) is 11.7. The van der Waals surface area contributed by atoms with Crippen molar-refractivity contribution in [2.45, 2.75) is 123 Å². The van der Waals surface area contributed by atoms with Crippen molar-refractivity contribution in [1.29, 1.82) is 0 Å². The molecule has 4 nitrogen and oxygen atoms in total. The van der Waals surface area contributed by atoms with Gasteiger partial charge in [-0.15, -0.1) is 0 Å². The van der Waals surface area contributed by atoms with E-state index in [0.29, 0.717) is 19.6 Å². The van der Waals surface area contributed by atoms with Gasteiger partial charge in [0.25, 0.3) is 0 Å². The van der Waals surface area contributed by atoms with Crippen LogP contribution in [-0.4, -0.2) is 31.1 Å². The highest BCUT2D eigenvalue weighted by Crippen LogP contribution is 2.22. The molecule has 1 aliphatic rings. The van der Waals surface area contributed by atoms with E-state index < -0.39 is 5.79 Å². The lowest BCUT2D eigenvalue weighted by Gasteiger charge is -2.16. The lowest BCUT2D eigenvalue weighted by molar-refractivity contribution is -0.158. The Morgan fingerprint density at radius 3 is 1.85 bits per heavy atom. The van der Waals surface area contributed by atoms with E-state index in [1.165, 1.54) is 70.6 Å². The minimum absolute atomic E-state index is 0.110. The minimum atomic E-state index is -0.549. The molecule has 0 N–H and O–H groups in total. The zero-order valence-electron chi connectivity index (χ0n) is 17.5. The van der Waals surface area contributed by atoms with Gasteiger partial charge in [-0.1, -0.05) is 84.0 Å². The fourth-order valence-electron chi connectivity index (χ4n) is 3.39. The van der Waals surface area contributed by atoms with Crippen molar-refractivity contribution in [2.24, 2.45) is 0 Å². The van der Waals surface area contributed by atoms with E-state index in [4.69, 9.17) is 14.2 Å². The topological polar surface area (TPSA) is 44.8 Å². The van der Waals surface area contributed by atoms with Crippen molar-refractivity contribution in [3.05, 3.63) is 0 Å². The molecule has 154 valence electrons. The maximum absolute atomic E-state index is 11.7. The molecule has 0 saturated carbocycles. The standard InChI is InChI=1S/C22H42O4/c1-4-5-6-7-8-9-10-11-12-13-14-15-16-17-21(23)24-18-20-19-25-22(2,3)26-20/h20H,4-19H2,1-3H3. The van der Waals surface area contributed by atoms with E-state index in [0.717, 1.165) is 12.8 Å². The van der Waals surface area contributed by atoms with Gasteiger partial charge >= 0.3 is 5.97 Å². The van der Waals surface area contributed by atoms with E-state index in [1.54, 1.807) is 0 Å². The molecule has 26 heavy (non-hydrogen) atoms. The molecule has 1 atom stereocenters. The Hall–Kier alpha value is -0.610. The van der Waals surface area contributed by atoms with Crippen molar-refractivity contribution in [1.82, 2.24) is 0 Å². The smallest absolute Gasteiger partial charge is 0.305 e. The highest BCUT2D eigenvalue weighted by Gasteiger charge is 2.33. The third-order valence-corrected chi connectivity index (χ3v) is 4.98. The Kier molecular flexibility index (Phi) is 13.0. The SMILES string of the molecule is CCCCCCCCCCCCCCCC(=O)OCC1COC(C)(C)O1.